The first-order chi connectivity index (χ1) is 14.5. The Morgan fingerprint density at radius 3 is 2.23 bits per heavy atom. The maximum absolute atomic E-state index is 14.0. The highest BCUT2D eigenvalue weighted by Crippen LogP contribution is 2.26. The molecule has 3 aromatic rings. The average molecular weight is 404 g/mol. The molecule has 0 aliphatic heterocycles. The summed E-state index contributed by atoms with van der Waals surface area (Å²) in [6.07, 6.45) is 5.41. The summed E-state index contributed by atoms with van der Waals surface area (Å²) in [6, 6.07) is 14.6. The number of hydrogen-bond donors (Lipinski definition) is 0. The van der Waals surface area contributed by atoms with Crippen molar-refractivity contribution >= 4 is 24.1 Å². The van der Waals surface area contributed by atoms with Gasteiger partial charge in [-0.3, -0.25) is 0 Å². The normalized spacial score (nSPS) is 10.6. The van der Waals surface area contributed by atoms with E-state index in [-0.39, 0.29) is 5.75 Å². The number of ether oxygens (including phenoxy) is 2. The largest absolute Gasteiger partial charge is 0.457 e. The van der Waals surface area contributed by atoms with Gasteiger partial charge in [0.05, 0.1) is 0 Å². The molecule has 5 nitrogen and oxygen atoms in total. The molecule has 1 aromatic heterocycles. The minimum Gasteiger partial charge on any atom is -0.457 e. The van der Waals surface area contributed by atoms with Gasteiger partial charge in [-0.15, -0.1) is 0 Å². The zero-order valence-corrected chi connectivity index (χ0v) is 15.8. The second kappa shape index (κ2) is 9.34. The molecule has 6 heteroatoms. The molecule has 0 fully saturated rings. The molecule has 3 rings (SSSR count). The fraction of sp³-hybridized carbons (Fsp3) is 0. The van der Waals surface area contributed by atoms with Crippen LogP contribution in [0.4, 0.5) is 4.39 Å². The summed E-state index contributed by atoms with van der Waals surface area (Å²) in [6.45, 7) is 6.62. The lowest BCUT2D eigenvalue weighted by molar-refractivity contribution is -0.130. The Morgan fingerprint density at radius 2 is 1.57 bits per heavy atom. The number of furan rings is 1. The van der Waals surface area contributed by atoms with E-state index in [4.69, 9.17) is 13.9 Å². The molecule has 0 radical (unpaired) electrons. The summed E-state index contributed by atoms with van der Waals surface area (Å²) < 4.78 is 29.6. The van der Waals surface area contributed by atoms with Crippen molar-refractivity contribution in [1.29, 1.82) is 0 Å². The first-order valence-electron chi connectivity index (χ1n) is 8.85. The molecule has 150 valence electrons. The van der Waals surface area contributed by atoms with E-state index in [1.165, 1.54) is 12.1 Å². The highest BCUT2D eigenvalue weighted by atomic mass is 19.1. The van der Waals surface area contributed by atoms with Crippen LogP contribution >= 0.6 is 0 Å². The standard InChI is InChI=1S/C24H17FO5/c1-3-23(26)29-19-10-7-17(8-11-19)21-14-12-18(28-21)9-5-16-6-13-22(20(25)15-16)30-24(27)4-2/h3-15H,1-2H2. The van der Waals surface area contributed by atoms with Crippen LogP contribution in [0.5, 0.6) is 11.5 Å². The molecular formula is C24H17FO5. The van der Waals surface area contributed by atoms with Crippen LogP contribution in [0.15, 0.2) is 84.3 Å². The topological polar surface area (TPSA) is 65.7 Å². The summed E-state index contributed by atoms with van der Waals surface area (Å²) in [5.41, 5.74) is 1.37. The number of carbonyl (C=O) groups is 2. The predicted molar refractivity (Wildman–Crippen MR) is 111 cm³/mol. The van der Waals surface area contributed by atoms with E-state index in [2.05, 4.69) is 13.2 Å². The molecule has 0 spiro atoms. The summed E-state index contributed by atoms with van der Waals surface area (Å²) in [4.78, 5) is 22.4. The van der Waals surface area contributed by atoms with Crippen LogP contribution in [0.3, 0.4) is 0 Å². The summed E-state index contributed by atoms with van der Waals surface area (Å²) in [5.74, 6) is -0.503. The third kappa shape index (κ3) is 5.20. The van der Waals surface area contributed by atoms with E-state index in [9.17, 15) is 14.0 Å². The zero-order chi connectivity index (χ0) is 21.5. The molecular weight excluding hydrogens is 387 g/mol. The number of halogens is 1. The molecule has 0 bridgehead atoms. The Labute approximate surface area is 172 Å². The molecule has 0 aliphatic rings. The monoisotopic (exact) mass is 404 g/mol. The number of hydrogen-bond acceptors (Lipinski definition) is 5. The van der Waals surface area contributed by atoms with Crippen molar-refractivity contribution in [3.8, 4) is 22.8 Å². The summed E-state index contributed by atoms with van der Waals surface area (Å²) in [5, 5.41) is 0. The number of rotatable bonds is 7. The van der Waals surface area contributed by atoms with Crippen molar-refractivity contribution in [1.82, 2.24) is 0 Å². The number of esters is 2. The molecule has 30 heavy (non-hydrogen) atoms. The lowest BCUT2D eigenvalue weighted by Gasteiger charge is -2.03. The number of benzene rings is 2. The van der Waals surface area contributed by atoms with Gasteiger partial charge in [0, 0.05) is 17.7 Å². The van der Waals surface area contributed by atoms with Crippen LogP contribution < -0.4 is 9.47 Å². The zero-order valence-electron chi connectivity index (χ0n) is 15.8. The van der Waals surface area contributed by atoms with Gasteiger partial charge in [-0.25, -0.2) is 14.0 Å². The van der Waals surface area contributed by atoms with Crippen molar-refractivity contribution in [3.63, 3.8) is 0 Å². The SMILES string of the molecule is C=CC(=O)Oc1ccc(-c2ccc(C=Cc3ccc(OC(=O)C=C)c(F)c3)o2)cc1. The van der Waals surface area contributed by atoms with Gasteiger partial charge in [0.25, 0.3) is 0 Å². The van der Waals surface area contributed by atoms with Crippen molar-refractivity contribution in [2.75, 3.05) is 0 Å². The van der Waals surface area contributed by atoms with Crippen LogP contribution in [0.2, 0.25) is 0 Å². The molecule has 0 saturated carbocycles. The van der Waals surface area contributed by atoms with Crippen LogP contribution in [0, 0.1) is 5.82 Å². The molecule has 0 atom stereocenters. The van der Waals surface area contributed by atoms with Gasteiger partial charge >= 0.3 is 11.9 Å². The third-order valence-corrected chi connectivity index (χ3v) is 3.92. The second-order valence-electron chi connectivity index (χ2n) is 6.00. The lowest BCUT2D eigenvalue weighted by Crippen LogP contribution is -2.04. The minimum atomic E-state index is -0.729. The quantitative estimate of drug-likeness (QED) is 0.298. The maximum atomic E-state index is 14.0. The Morgan fingerprint density at radius 1 is 0.867 bits per heavy atom. The van der Waals surface area contributed by atoms with Crippen LogP contribution in [-0.4, -0.2) is 11.9 Å². The fourth-order valence-corrected chi connectivity index (χ4v) is 2.47. The molecule has 0 unspecified atom stereocenters. The molecule has 0 N–H and O–H groups in total. The summed E-state index contributed by atoms with van der Waals surface area (Å²) >= 11 is 0. The van der Waals surface area contributed by atoms with Gasteiger partial charge in [0.1, 0.15) is 17.3 Å². The first kappa shape index (κ1) is 20.5. The van der Waals surface area contributed by atoms with E-state index in [0.29, 0.717) is 22.8 Å². The van der Waals surface area contributed by atoms with E-state index < -0.39 is 17.8 Å². The molecule has 2 aromatic carbocycles. The molecule has 1 heterocycles. The Balaban J connectivity index is 1.69. The van der Waals surface area contributed by atoms with Crippen molar-refractivity contribution in [2.45, 2.75) is 0 Å². The molecule has 0 aliphatic carbocycles. The lowest BCUT2D eigenvalue weighted by atomic mass is 10.1. The van der Waals surface area contributed by atoms with Crippen molar-refractivity contribution in [3.05, 3.63) is 97.0 Å². The van der Waals surface area contributed by atoms with E-state index in [1.807, 2.05) is 0 Å². The van der Waals surface area contributed by atoms with Crippen molar-refractivity contribution < 1.29 is 27.9 Å². The van der Waals surface area contributed by atoms with Crippen LogP contribution in [-0.2, 0) is 9.59 Å². The Kier molecular flexibility index (Phi) is 6.39. The van der Waals surface area contributed by atoms with E-state index >= 15 is 0 Å². The van der Waals surface area contributed by atoms with E-state index in [1.54, 1.807) is 54.6 Å². The van der Waals surface area contributed by atoms with E-state index in [0.717, 1.165) is 17.7 Å². The predicted octanol–water partition coefficient (Wildman–Crippen LogP) is 5.44. The summed E-state index contributed by atoms with van der Waals surface area (Å²) in [7, 11) is 0. The van der Waals surface area contributed by atoms with Gasteiger partial charge in [-0.05, 0) is 60.2 Å². The minimum absolute atomic E-state index is 0.167. The molecule has 0 amide bonds. The smallest absolute Gasteiger partial charge is 0.335 e. The average Bonchev–Trinajstić information content (AvgIpc) is 3.23. The fourth-order valence-electron chi connectivity index (χ4n) is 2.47. The second-order valence-corrected chi connectivity index (χ2v) is 6.00. The van der Waals surface area contributed by atoms with Gasteiger partial charge in [0.15, 0.2) is 11.6 Å². The number of carbonyl (C=O) groups excluding carboxylic acids is 2. The van der Waals surface area contributed by atoms with Crippen LogP contribution in [0.1, 0.15) is 11.3 Å². The van der Waals surface area contributed by atoms with Crippen LogP contribution in [0.25, 0.3) is 23.5 Å². The van der Waals surface area contributed by atoms with Crippen molar-refractivity contribution in [2.24, 2.45) is 0 Å². The third-order valence-electron chi connectivity index (χ3n) is 3.92. The van der Waals surface area contributed by atoms with Gasteiger partial charge in [0.2, 0.25) is 0 Å². The molecule has 0 saturated heterocycles. The first-order valence-corrected chi connectivity index (χ1v) is 8.85. The highest BCUT2D eigenvalue weighted by molar-refractivity contribution is 5.84. The van der Waals surface area contributed by atoms with Gasteiger partial charge in [-0.2, -0.15) is 0 Å². The maximum Gasteiger partial charge on any atom is 0.335 e. The van der Waals surface area contributed by atoms with Gasteiger partial charge < -0.3 is 13.9 Å². The highest BCUT2D eigenvalue weighted by Gasteiger charge is 2.08. The Bertz CT molecular complexity index is 1120. The Hall–Kier alpha value is -4.19. The van der Waals surface area contributed by atoms with Gasteiger partial charge in [-0.1, -0.05) is 25.3 Å².